The van der Waals surface area contributed by atoms with E-state index in [4.69, 9.17) is 4.98 Å². The number of benzene rings is 1. The third-order valence-corrected chi connectivity index (χ3v) is 8.52. The van der Waals surface area contributed by atoms with Gasteiger partial charge < -0.3 is 15.2 Å². The number of pyridine rings is 3. The number of H-pyrrole nitrogens is 2. The number of aromatic nitrogens is 7. The molecule has 1 aliphatic rings. The van der Waals surface area contributed by atoms with Gasteiger partial charge in [-0.05, 0) is 93.7 Å². The van der Waals surface area contributed by atoms with Gasteiger partial charge in [0.25, 0.3) is 0 Å². The molecule has 0 unspecified atom stereocenters. The van der Waals surface area contributed by atoms with Crippen molar-refractivity contribution >= 4 is 33.5 Å². The lowest BCUT2D eigenvalue weighted by Gasteiger charge is -2.14. The second kappa shape index (κ2) is 12.8. The molecule has 1 aromatic carbocycles. The highest BCUT2D eigenvalue weighted by Crippen LogP contribution is 2.32. The van der Waals surface area contributed by atoms with Gasteiger partial charge in [0.15, 0.2) is 5.82 Å². The number of halogens is 1. The van der Waals surface area contributed by atoms with Crippen LogP contribution < -0.4 is 5.32 Å². The zero-order valence-corrected chi connectivity index (χ0v) is 26.0. The standard InChI is InChI=1S/C35H36FN9O/c1-21(2)35(46)40-26-16-24(18-37-19-26)29-17-27-30(20-39-29)43-44-32(27)34-41-28-8-9-38-31(33(28)42-34)23-13-22(14-25(36)15-23)7-3-4-10-45-11-5-6-12-45/h8-9,13-21H,3-7,10-12H2,1-2H3,(H,40,46)(H,41,42)(H,43,44). The van der Waals surface area contributed by atoms with Crippen LogP contribution in [-0.2, 0) is 11.2 Å². The zero-order valence-electron chi connectivity index (χ0n) is 26.0. The molecular formula is C35H36FN9O. The van der Waals surface area contributed by atoms with E-state index < -0.39 is 0 Å². The second-order valence-corrected chi connectivity index (χ2v) is 12.3. The predicted molar refractivity (Wildman–Crippen MR) is 177 cm³/mol. The number of nitrogens with one attached hydrogen (secondary N) is 3. The third kappa shape index (κ3) is 6.23. The van der Waals surface area contributed by atoms with Crippen molar-refractivity contribution in [3.05, 3.63) is 72.6 Å². The molecule has 1 aliphatic heterocycles. The molecule has 11 heteroatoms. The Balaban J connectivity index is 1.17. The van der Waals surface area contributed by atoms with Gasteiger partial charge in [0.1, 0.15) is 17.0 Å². The number of hydrogen-bond donors (Lipinski definition) is 3. The van der Waals surface area contributed by atoms with E-state index in [-0.39, 0.29) is 17.6 Å². The zero-order chi connectivity index (χ0) is 31.6. The number of unbranched alkanes of at least 4 members (excludes halogenated alkanes) is 1. The number of carbonyl (C=O) groups is 1. The number of nitrogens with zero attached hydrogens (tertiary/aromatic N) is 6. The normalized spacial score (nSPS) is 13.7. The first-order valence-corrected chi connectivity index (χ1v) is 15.9. The molecule has 0 saturated carbocycles. The molecule has 1 saturated heterocycles. The lowest BCUT2D eigenvalue weighted by Crippen LogP contribution is -2.20. The van der Waals surface area contributed by atoms with Crippen molar-refractivity contribution in [1.82, 2.24) is 40.0 Å². The van der Waals surface area contributed by atoms with Crippen LogP contribution in [0.4, 0.5) is 10.1 Å². The summed E-state index contributed by atoms with van der Waals surface area (Å²) in [6.07, 6.45) is 12.3. The minimum Gasteiger partial charge on any atom is -0.336 e. The molecule has 234 valence electrons. The number of likely N-dealkylation sites (tertiary alicyclic amines) is 1. The van der Waals surface area contributed by atoms with Crippen LogP contribution in [0.1, 0.15) is 45.1 Å². The summed E-state index contributed by atoms with van der Waals surface area (Å²) in [5.41, 5.74) is 7.10. The number of carbonyl (C=O) groups excluding carboxylic acids is 1. The Morgan fingerprint density at radius 3 is 2.70 bits per heavy atom. The van der Waals surface area contributed by atoms with Crippen LogP contribution in [0.5, 0.6) is 0 Å². The molecule has 0 spiro atoms. The summed E-state index contributed by atoms with van der Waals surface area (Å²) in [6.45, 7) is 7.18. The summed E-state index contributed by atoms with van der Waals surface area (Å²) < 4.78 is 14.9. The van der Waals surface area contributed by atoms with Gasteiger partial charge in [-0.15, -0.1) is 0 Å². The number of fused-ring (bicyclic) bond motifs is 2. The highest BCUT2D eigenvalue weighted by Gasteiger charge is 2.18. The molecule has 7 rings (SSSR count). The van der Waals surface area contributed by atoms with Crippen LogP contribution in [0, 0.1) is 11.7 Å². The molecular weight excluding hydrogens is 581 g/mol. The Labute approximate surface area is 265 Å². The SMILES string of the molecule is CC(C)C(=O)Nc1cncc(-c2cc3c(-c4nc5c(-c6cc(F)cc(CCCCN7CCCC7)c6)nccc5[nH]4)n[nH]c3cn2)c1. The summed E-state index contributed by atoms with van der Waals surface area (Å²) in [5, 5.41) is 11.3. The first-order valence-electron chi connectivity index (χ1n) is 15.9. The smallest absolute Gasteiger partial charge is 0.226 e. The minimum atomic E-state index is -0.276. The third-order valence-electron chi connectivity index (χ3n) is 8.52. The first-order chi connectivity index (χ1) is 22.4. The first kappa shape index (κ1) is 29.7. The van der Waals surface area contributed by atoms with E-state index in [9.17, 15) is 9.18 Å². The van der Waals surface area contributed by atoms with Gasteiger partial charge in [-0.1, -0.05) is 13.8 Å². The Kier molecular flexibility index (Phi) is 8.23. The molecule has 0 aliphatic carbocycles. The van der Waals surface area contributed by atoms with E-state index >= 15 is 0 Å². The summed E-state index contributed by atoms with van der Waals surface area (Å²) >= 11 is 0. The molecule has 3 N–H and O–H groups in total. The average molecular weight is 618 g/mol. The Bertz CT molecular complexity index is 2030. The van der Waals surface area contributed by atoms with E-state index in [1.807, 2.05) is 38.1 Å². The predicted octanol–water partition coefficient (Wildman–Crippen LogP) is 6.78. The lowest BCUT2D eigenvalue weighted by molar-refractivity contribution is -0.118. The Hall–Kier alpha value is -5.03. The topological polar surface area (TPSA) is 128 Å². The summed E-state index contributed by atoms with van der Waals surface area (Å²) in [4.78, 5) is 36.6. The molecule has 5 aromatic heterocycles. The van der Waals surface area contributed by atoms with Gasteiger partial charge in [-0.2, -0.15) is 5.10 Å². The van der Waals surface area contributed by atoms with Crippen molar-refractivity contribution in [1.29, 1.82) is 0 Å². The number of rotatable bonds is 10. The van der Waals surface area contributed by atoms with E-state index in [2.05, 4.69) is 40.3 Å². The van der Waals surface area contributed by atoms with Crippen LogP contribution >= 0.6 is 0 Å². The fraction of sp³-hybridized carbons (Fsp3) is 0.314. The van der Waals surface area contributed by atoms with Crippen molar-refractivity contribution in [3.8, 4) is 34.0 Å². The molecule has 10 nitrogen and oxygen atoms in total. The molecule has 0 radical (unpaired) electrons. The van der Waals surface area contributed by atoms with Gasteiger partial charge in [0, 0.05) is 34.8 Å². The number of aryl methyl sites for hydroxylation is 1. The van der Waals surface area contributed by atoms with Gasteiger partial charge in [-0.25, -0.2) is 9.37 Å². The van der Waals surface area contributed by atoms with Crippen LogP contribution in [0.15, 0.2) is 61.2 Å². The summed E-state index contributed by atoms with van der Waals surface area (Å²) in [5.74, 6) is 0.0498. The van der Waals surface area contributed by atoms with E-state index in [1.165, 1.54) is 32.0 Å². The maximum Gasteiger partial charge on any atom is 0.226 e. The lowest BCUT2D eigenvalue weighted by atomic mass is 10.0. The fourth-order valence-electron chi connectivity index (χ4n) is 6.05. The molecule has 1 amide bonds. The van der Waals surface area contributed by atoms with Crippen LogP contribution in [0.3, 0.4) is 0 Å². The number of imidazole rings is 1. The fourth-order valence-corrected chi connectivity index (χ4v) is 6.05. The number of hydrogen-bond acceptors (Lipinski definition) is 7. The average Bonchev–Trinajstić information content (AvgIpc) is 3.82. The van der Waals surface area contributed by atoms with Crippen molar-refractivity contribution < 1.29 is 9.18 Å². The van der Waals surface area contributed by atoms with Crippen molar-refractivity contribution in [3.63, 3.8) is 0 Å². The van der Waals surface area contributed by atoms with Crippen LogP contribution in [0.2, 0.25) is 0 Å². The molecule has 1 fully saturated rings. The molecule has 46 heavy (non-hydrogen) atoms. The largest absolute Gasteiger partial charge is 0.336 e. The van der Waals surface area contributed by atoms with Gasteiger partial charge in [-0.3, -0.25) is 24.8 Å². The van der Waals surface area contributed by atoms with Crippen LogP contribution in [-0.4, -0.2) is 65.6 Å². The minimum absolute atomic E-state index is 0.0828. The molecule has 6 aromatic rings. The van der Waals surface area contributed by atoms with E-state index in [0.717, 1.165) is 53.4 Å². The molecule has 0 bridgehead atoms. The Morgan fingerprint density at radius 2 is 1.85 bits per heavy atom. The van der Waals surface area contributed by atoms with Crippen molar-refractivity contribution in [2.24, 2.45) is 5.92 Å². The van der Waals surface area contributed by atoms with Gasteiger partial charge in [0.05, 0.1) is 40.5 Å². The molecule has 6 heterocycles. The maximum absolute atomic E-state index is 14.9. The van der Waals surface area contributed by atoms with Gasteiger partial charge >= 0.3 is 0 Å². The van der Waals surface area contributed by atoms with Gasteiger partial charge in [0.2, 0.25) is 5.91 Å². The molecule has 0 atom stereocenters. The number of amides is 1. The number of aromatic amines is 2. The monoisotopic (exact) mass is 617 g/mol. The van der Waals surface area contributed by atoms with E-state index in [1.54, 1.807) is 30.9 Å². The quantitative estimate of drug-likeness (QED) is 0.145. The van der Waals surface area contributed by atoms with Crippen LogP contribution in [0.25, 0.3) is 56.0 Å². The highest BCUT2D eigenvalue weighted by molar-refractivity contribution is 5.97. The maximum atomic E-state index is 14.9. The Morgan fingerprint density at radius 1 is 0.978 bits per heavy atom. The van der Waals surface area contributed by atoms with Crippen molar-refractivity contribution in [2.75, 3.05) is 25.0 Å². The van der Waals surface area contributed by atoms with E-state index in [0.29, 0.717) is 39.7 Å². The second-order valence-electron chi connectivity index (χ2n) is 12.3. The number of anilines is 1. The summed E-state index contributed by atoms with van der Waals surface area (Å²) in [7, 11) is 0. The highest BCUT2D eigenvalue weighted by atomic mass is 19.1. The summed E-state index contributed by atoms with van der Waals surface area (Å²) in [6, 6.07) is 10.8. The van der Waals surface area contributed by atoms with Crippen molar-refractivity contribution in [2.45, 2.75) is 46.0 Å².